The van der Waals surface area contributed by atoms with Crippen LogP contribution in [-0.4, -0.2) is 34.5 Å². The zero-order valence-corrected chi connectivity index (χ0v) is 11.9. The van der Waals surface area contributed by atoms with Crippen molar-refractivity contribution in [2.75, 3.05) is 11.5 Å². The number of aromatic nitrogens is 3. The second-order valence-electron chi connectivity index (χ2n) is 4.99. The fourth-order valence-corrected chi connectivity index (χ4v) is 4.58. The molecule has 0 saturated carbocycles. The highest BCUT2D eigenvalue weighted by Gasteiger charge is 2.26. The van der Waals surface area contributed by atoms with Crippen LogP contribution in [0.1, 0.15) is 18.7 Å². The van der Waals surface area contributed by atoms with Crippen molar-refractivity contribution >= 4 is 27.1 Å². The topological polar surface area (TPSA) is 64.3 Å². The lowest BCUT2D eigenvalue weighted by Gasteiger charge is -2.20. The molecule has 0 aromatic carbocycles. The van der Waals surface area contributed by atoms with E-state index in [4.69, 9.17) is 11.6 Å². The molecule has 1 aliphatic rings. The first-order chi connectivity index (χ1) is 9.05. The van der Waals surface area contributed by atoms with Gasteiger partial charge in [-0.3, -0.25) is 4.40 Å². The van der Waals surface area contributed by atoms with E-state index in [9.17, 15) is 8.42 Å². The van der Waals surface area contributed by atoms with Crippen LogP contribution in [0, 0.1) is 5.92 Å². The summed E-state index contributed by atoms with van der Waals surface area (Å²) in [7, 11) is -2.88. The van der Waals surface area contributed by atoms with Gasteiger partial charge in [-0.15, -0.1) is 10.2 Å². The molecule has 5 nitrogen and oxygen atoms in total. The minimum atomic E-state index is -2.88. The smallest absolute Gasteiger partial charge is 0.179 e. The molecule has 0 aliphatic carbocycles. The molecule has 19 heavy (non-hydrogen) atoms. The predicted octanol–water partition coefficient (Wildman–Crippen LogP) is 1.75. The summed E-state index contributed by atoms with van der Waals surface area (Å²) in [5.41, 5.74) is 0.623. The summed E-state index contributed by atoms with van der Waals surface area (Å²) in [6.07, 6.45) is 4.15. The molecule has 1 fully saturated rings. The normalized spacial score (nSPS) is 22.7. The minimum absolute atomic E-state index is 0.130. The molecule has 1 atom stereocenters. The summed E-state index contributed by atoms with van der Waals surface area (Å²) in [6.45, 7) is 0. The van der Waals surface area contributed by atoms with Gasteiger partial charge in [-0.2, -0.15) is 0 Å². The van der Waals surface area contributed by atoms with E-state index in [1.54, 1.807) is 6.07 Å². The van der Waals surface area contributed by atoms with Crippen LogP contribution in [0.5, 0.6) is 0 Å². The highest BCUT2D eigenvalue weighted by molar-refractivity contribution is 7.91. The van der Waals surface area contributed by atoms with E-state index in [0.717, 1.165) is 18.7 Å². The first-order valence-corrected chi connectivity index (χ1v) is 8.44. The summed E-state index contributed by atoms with van der Waals surface area (Å²) >= 11 is 6.04. The number of fused-ring (bicyclic) bond motifs is 1. The number of halogens is 1. The lowest BCUT2D eigenvalue weighted by molar-refractivity contribution is 0.474. The Labute approximate surface area is 116 Å². The summed E-state index contributed by atoms with van der Waals surface area (Å²) in [5.74, 6) is 1.48. The summed E-state index contributed by atoms with van der Waals surface area (Å²) in [4.78, 5) is 0. The quantitative estimate of drug-likeness (QED) is 0.847. The van der Waals surface area contributed by atoms with Gasteiger partial charge in [0.1, 0.15) is 5.82 Å². The monoisotopic (exact) mass is 299 g/mol. The summed E-state index contributed by atoms with van der Waals surface area (Å²) in [6, 6.07) is 3.60. The molecular weight excluding hydrogens is 286 g/mol. The second-order valence-corrected chi connectivity index (χ2v) is 7.63. The van der Waals surface area contributed by atoms with Gasteiger partial charge in [0.05, 0.1) is 16.5 Å². The molecule has 0 bridgehead atoms. The first kappa shape index (κ1) is 12.9. The third-order valence-corrected chi connectivity index (χ3v) is 5.67. The van der Waals surface area contributed by atoms with Gasteiger partial charge in [-0.1, -0.05) is 11.6 Å². The van der Waals surface area contributed by atoms with E-state index in [1.165, 1.54) is 0 Å². The van der Waals surface area contributed by atoms with E-state index in [0.29, 0.717) is 22.8 Å². The highest BCUT2D eigenvalue weighted by atomic mass is 35.5. The Balaban J connectivity index is 1.88. The maximum absolute atomic E-state index is 11.6. The van der Waals surface area contributed by atoms with Crippen molar-refractivity contribution in [3.05, 3.63) is 29.2 Å². The number of sulfone groups is 1. The molecule has 3 heterocycles. The predicted molar refractivity (Wildman–Crippen MR) is 73.1 cm³/mol. The Morgan fingerprint density at radius 2 is 2.26 bits per heavy atom. The fraction of sp³-hybridized carbons (Fsp3) is 0.500. The maximum atomic E-state index is 11.6. The lowest BCUT2D eigenvalue weighted by atomic mass is 10.0. The number of nitrogens with zero attached hydrogens (tertiary/aromatic N) is 3. The lowest BCUT2D eigenvalue weighted by Crippen LogP contribution is -2.27. The van der Waals surface area contributed by atoms with Gasteiger partial charge >= 0.3 is 0 Å². The van der Waals surface area contributed by atoms with Crippen LogP contribution in [0.25, 0.3) is 5.65 Å². The van der Waals surface area contributed by atoms with Gasteiger partial charge in [-0.05, 0) is 30.9 Å². The van der Waals surface area contributed by atoms with E-state index in [-0.39, 0.29) is 11.7 Å². The van der Waals surface area contributed by atoms with Crippen LogP contribution in [0.2, 0.25) is 5.02 Å². The third kappa shape index (κ3) is 2.60. The van der Waals surface area contributed by atoms with E-state index < -0.39 is 9.84 Å². The molecule has 102 valence electrons. The van der Waals surface area contributed by atoms with Gasteiger partial charge in [0.15, 0.2) is 15.5 Å². The van der Waals surface area contributed by atoms with Gasteiger partial charge in [-0.25, -0.2) is 8.42 Å². The van der Waals surface area contributed by atoms with Crippen LogP contribution >= 0.6 is 11.6 Å². The van der Waals surface area contributed by atoms with Crippen molar-refractivity contribution in [3.63, 3.8) is 0 Å². The Kier molecular flexibility index (Phi) is 3.22. The molecule has 1 unspecified atom stereocenters. The molecular formula is C12H14ClN3O2S. The number of rotatable bonds is 2. The molecule has 2 aromatic heterocycles. The number of pyridine rings is 1. The molecule has 0 amide bonds. The molecule has 2 aromatic rings. The van der Waals surface area contributed by atoms with Crippen molar-refractivity contribution in [2.45, 2.75) is 19.3 Å². The van der Waals surface area contributed by atoms with Gasteiger partial charge in [0.25, 0.3) is 0 Å². The van der Waals surface area contributed by atoms with Crippen LogP contribution in [0.15, 0.2) is 18.3 Å². The minimum Gasteiger partial charge on any atom is -0.285 e. The zero-order valence-electron chi connectivity index (χ0n) is 10.3. The van der Waals surface area contributed by atoms with Crippen LogP contribution in [-0.2, 0) is 16.3 Å². The van der Waals surface area contributed by atoms with E-state index >= 15 is 0 Å². The largest absolute Gasteiger partial charge is 0.285 e. The van der Waals surface area contributed by atoms with Gasteiger partial charge in [0.2, 0.25) is 0 Å². The van der Waals surface area contributed by atoms with Gasteiger partial charge < -0.3 is 0 Å². The van der Waals surface area contributed by atoms with E-state index in [1.807, 2.05) is 16.7 Å². The summed E-state index contributed by atoms with van der Waals surface area (Å²) in [5, 5.41) is 8.74. The Morgan fingerprint density at radius 3 is 3.05 bits per heavy atom. The Bertz CT molecular complexity index is 711. The van der Waals surface area contributed by atoms with Crippen molar-refractivity contribution in [3.8, 4) is 0 Å². The average molecular weight is 300 g/mol. The third-order valence-electron chi connectivity index (χ3n) is 3.49. The van der Waals surface area contributed by atoms with E-state index in [2.05, 4.69) is 10.2 Å². The fourth-order valence-electron chi connectivity index (χ4n) is 2.61. The second kappa shape index (κ2) is 4.76. The molecule has 0 spiro atoms. The SMILES string of the molecule is O=S1(=O)CCCC(Cc2nnc3c(Cl)cccn23)C1. The van der Waals surface area contributed by atoms with Crippen molar-refractivity contribution in [1.29, 1.82) is 0 Å². The van der Waals surface area contributed by atoms with Crippen molar-refractivity contribution in [1.82, 2.24) is 14.6 Å². The molecule has 0 N–H and O–H groups in total. The molecule has 1 saturated heterocycles. The first-order valence-electron chi connectivity index (χ1n) is 6.24. The van der Waals surface area contributed by atoms with Crippen molar-refractivity contribution < 1.29 is 8.42 Å². The van der Waals surface area contributed by atoms with Crippen LogP contribution < -0.4 is 0 Å². The number of hydrogen-bond acceptors (Lipinski definition) is 4. The van der Waals surface area contributed by atoms with Crippen molar-refractivity contribution in [2.24, 2.45) is 5.92 Å². The molecule has 1 aliphatic heterocycles. The Hall–Kier alpha value is -1.14. The molecule has 3 rings (SSSR count). The molecule has 0 radical (unpaired) electrons. The maximum Gasteiger partial charge on any atom is 0.179 e. The summed E-state index contributed by atoms with van der Waals surface area (Å²) < 4.78 is 25.1. The van der Waals surface area contributed by atoms with Crippen LogP contribution in [0.3, 0.4) is 0 Å². The Morgan fingerprint density at radius 1 is 1.42 bits per heavy atom. The highest BCUT2D eigenvalue weighted by Crippen LogP contribution is 2.23. The van der Waals surface area contributed by atoms with Gasteiger partial charge in [0, 0.05) is 12.6 Å². The average Bonchev–Trinajstić information content (AvgIpc) is 2.73. The molecule has 7 heteroatoms. The number of hydrogen-bond donors (Lipinski definition) is 0. The van der Waals surface area contributed by atoms with Crippen LogP contribution in [0.4, 0.5) is 0 Å². The zero-order chi connectivity index (χ0) is 13.5. The standard InChI is InChI=1S/C12H14ClN3O2S/c13-10-4-1-5-16-11(14-15-12(10)16)7-9-3-2-6-19(17,18)8-9/h1,4-5,9H,2-3,6-8H2.